The van der Waals surface area contributed by atoms with Gasteiger partial charge in [-0.1, -0.05) is 17.7 Å². The number of carbonyl (C=O) groups excluding carboxylic acids is 1. The molecule has 5 nitrogen and oxygen atoms in total. The van der Waals surface area contributed by atoms with E-state index in [4.69, 9.17) is 25.8 Å². The van der Waals surface area contributed by atoms with E-state index in [1.54, 1.807) is 13.2 Å². The SMILES string of the molecule is COc1cc(Cl)c(C)cc1NC(=O)C1(c2ccc3c(c2)OCO3)CC1. The number of aryl methyl sites for hydroxylation is 1. The number of ether oxygens (including phenoxy) is 3. The van der Waals surface area contributed by atoms with Crippen molar-refractivity contribution in [2.24, 2.45) is 0 Å². The third-order valence-corrected chi connectivity index (χ3v) is 5.25. The number of hydrogen-bond donors (Lipinski definition) is 1. The van der Waals surface area contributed by atoms with Crippen LogP contribution in [0.3, 0.4) is 0 Å². The molecule has 6 heteroatoms. The van der Waals surface area contributed by atoms with Crippen molar-refractivity contribution in [3.63, 3.8) is 0 Å². The lowest BCUT2D eigenvalue weighted by Crippen LogP contribution is -2.28. The number of methoxy groups -OCH3 is 1. The highest BCUT2D eigenvalue weighted by molar-refractivity contribution is 6.31. The molecule has 4 rings (SSSR count). The minimum absolute atomic E-state index is 0.0496. The summed E-state index contributed by atoms with van der Waals surface area (Å²) in [5, 5.41) is 3.61. The summed E-state index contributed by atoms with van der Waals surface area (Å²) < 4.78 is 16.1. The summed E-state index contributed by atoms with van der Waals surface area (Å²) >= 11 is 6.13. The molecule has 1 amide bonds. The number of benzene rings is 2. The van der Waals surface area contributed by atoms with E-state index in [-0.39, 0.29) is 12.7 Å². The van der Waals surface area contributed by atoms with Gasteiger partial charge in [0.05, 0.1) is 18.2 Å². The maximum atomic E-state index is 13.0. The first-order valence-electron chi connectivity index (χ1n) is 8.09. The number of fused-ring (bicyclic) bond motifs is 1. The summed E-state index contributed by atoms with van der Waals surface area (Å²) in [6.45, 7) is 2.11. The van der Waals surface area contributed by atoms with Crippen LogP contribution in [0, 0.1) is 6.92 Å². The fraction of sp³-hybridized carbons (Fsp3) is 0.316. The molecule has 0 radical (unpaired) electrons. The average Bonchev–Trinajstić information content (AvgIpc) is 3.29. The lowest BCUT2D eigenvalue weighted by atomic mass is 9.94. The predicted molar refractivity (Wildman–Crippen MR) is 94.8 cm³/mol. The zero-order chi connectivity index (χ0) is 17.6. The molecule has 2 aliphatic rings. The van der Waals surface area contributed by atoms with Gasteiger partial charge in [-0.2, -0.15) is 0 Å². The molecule has 1 saturated carbocycles. The van der Waals surface area contributed by atoms with Crippen molar-refractivity contribution in [2.45, 2.75) is 25.2 Å². The van der Waals surface area contributed by atoms with Gasteiger partial charge in [-0.15, -0.1) is 0 Å². The lowest BCUT2D eigenvalue weighted by Gasteiger charge is -2.18. The largest absolute Gasteiger partial charge is 0.495 e. The fourth-order valence-electron chi connectivity index (χ4n) is 3.14. The smallest absolute Gasteiger partial charge is 0.235 e. The Kier molecular flexibility index (Phi) is 3.76. The fourth-order valence-corrected chi connectivity index (χ4v) is 3.29. The Hall–Kier alpha value is -2.40. The minimum Gasteiger partial charge on any atom is -0.495 e. The van der Waals surface area contributed by atoms with Crippen LogP contribution in [-0.2, 0) is 10.2 Å². The molecule has 0 unspecified atom stereocenters. The summed E-state index contributed by atoms with van der Waals surface area (Å²) in [6.07, 6.45) is 1.60. The second-order valence-electron chi connectivity index (χ2n) is 6.41. The molecule has 0 aromatic heterocycles. The van der Waals surface area contributed by atoms with E-state index in [0.29, 0.717) is 22.2 Å². The summed E-state index contributed by atoms with van der Waals surface area (Å²) in [5.41, 5.74) is 1.92. The molecule has 1 N–H and O–H groups in total. The Labute approximate surface area is 150 Å². The normalized spacial score (nSPS) is 16.4. The Morgan fingerprint density at radius 2 is 1.96 bits per heavy atom. The van der Waals surface area contributed by atoms with E-state index in [2.05, 4.69) is 5.32 Å². The van der Waals surface area contributed by atoms with Gasteiger partial charge in [0.1, 0.15) is 5.75 Å². The summed E-state index contributed by atoms with van der Waals surface area (Å²) in [4.78, 5) is 13.0. The Bertz CT molecular complexity index is 861. The topological polar surface area (TPSA) is 56.8 Å². The third-order valence-electron chi connectivity index (χ3n) is 4.84. The summed E-state index contributed by atoms with van der Waals surface area (Å²) in [7, 11) is 1.56. The summed E-state index contributed by atoms with van der Waals surface area (Å²) in [5.74, 6) is 1.91. The van der Waals surface area contributed by atoms with Gasteiger partial charge in [-0.05, 0) is 49.1 Å². The van der Waals surface area contributed by atoms with E-state index in [1.807, 2.05) is 31.2 Å². The van der Waals surface area contributed by atoms with Crippen LogP contribution in [0.1, 0.15) is 24.0 Å². The van der Waals surface area contributed by atoms with Crippen molar-refractivity contribution in [3.8, 4) is 17.2 Å². The van der Waals surface area contributed by atoms with Crippen LogP contribution in [0.2, 0.25) is 5.02 Å². The molecule has 1 aliphatic carbocycles. The molecule has 1 heterocycles. The number of carbonyl (C=O) groups is 1. The highest BCUT2D eigenvalue weighted by Crippen LogP contribution is 2.51. The molecule has 1 aliphatic heterocycles. The van der Waals surface area contributed by atoms with Crippen molar-refractivity contribution in [2.75, 3.05) is 19.2 Å². The third kappa shape index (κ3) is 2.68. The van der Waals surface area contributed by atoms with Crippen LogP contribution in [0.5, 0.6) is 17.2 Å². The van der Waals surface area contributed by atoms with Crippen LogP contribution in [0.25, 0.3) is 0 Å². The molecule has 2 aromatic rings. The van der Waals surface area contributed by atoms with Crippen LogP contribution in [0.15, 0.2) is 30.3 Å². The van der Waals surface area contributed by atoms with Crippen LogP contribution in [-0.4, -0.2) is 19.8 Å². The average molecular weight is 360 g/mol. The maximum Gasteiger partial charge on any atom is 0.235 e. The molecule has 0 spiro atoms. The van der Waals surface area contributed by atoms with E-state index in [9.17, 15) is 4.79 Å². The van der Waals surface area contributed by atoms with Crippen molar-refractivity contribution < 1.29 is 19.0 Å². The molecule has 2 aromatic carbocycles. The van der Waals surface area contributed by atoms with Crippen molar-refractivity contribution in [1.82, 2.24) is 0 Å². The van der Waals surface area contributed by atoms with Crippen molar-refractivity contribution in [3.05, 3.63) is 46.5 Å². The Balaban J connectivity index is 1.62. The van der Waals surface area contributed by atoms with Gasteiger partial charge in [0.25, 0.3) is 0 Å². The second kappa shape index (κ2) is 5.85. The van der Waals surface area contributed by atoms with E-state index < -0.39 is 5.41 Å². The van der Waals surface area contributed by atoms with Gasteiger partial charge in [-0.25, -0.2) is 0 Å². The first-order chi connectivity index (χ1) is 12.0. The number of rotatable bonds is 4. The van der Waals surface area contributed by atoms with Crippen LogP contribution < -0.4 is 19.5 Å². The standard InChI is InChI=1S/C19H18ClNO4/c1-11-7-14(16(23-2)9-13(11)20)21-18(22)19(5-6-19)12-3-4-15-17(8-12)25-10-24-15/h3-4,7-9H,5-6,10H2,1-2H3,(H,21,22). The number of nitrogens with one attached hydrogen (secondary N) is 1. The highest BCUT2D eigenvalue weighted by Gasteiger charge is 2.51. The van der Waals surface area contributed by atoms with Gasteiger partial charge >= 0.3 is 0 Å². The molecular formula is C19H18ClNO4. The highest BCUT2D eigenvalue weighted by atomic mass is 35.5. The second-order valence-corrected chi connectivity index (χ2v) is 6.81. The number of hydrogen-bond acceptors (Lipinski definition) is 4. The first-order valence-corrected chi connectivity index (χ1v) is 8.47. The van der Waals surface area contributed by atoms with Gasteiger partial charge < -0.3 is 19.5 Å². The molecule has 0 bridgehead atoms. The molecule has 0 saturated heterocycles. The quantitative estimate of drug-likeness (QED) is 0.894. The Morgan fingerprint density at radius 3 is 2.68 bits per heavy atom. The van der Waals surface area contributed by atoms with Gasteiger partial charge in [0.15, 0.2) is 11.5 Å². The van der Waals surface area contributed by atoms with Crippen LogP contribution >= 0.6 is 11.6 Å². The molecule has 130 valence electrons. The molecular weight excluding hydrogens is 342 g/mol. The lowest BCUT2D eigenvalue weighted by molar-refractivity contribution is -0.118. The molecule has 0 atom stereocenters. The van der Waals surface area contributed by atoms with Crippen molar-refractivity contribution in [1.29, 1.82) is 0 Å². The monoisotopic (exact) mass is 359 g/mol. The number of anilines is 1. The number of amides is 1. The summed E-state index contributed by atoms with van der Waals surface area (Å²) in [6, 6.07) is 9.24. The Morgan fingerprint density at radius 1 is 1.20 bits per heavy atom. The van der Waals surface area contributed by atoms with Gasteiger partial charge in [-0.3, -0.25) is 4.79 Å². The maximum absolute atomic E-state index is 13.0. The van der Waals surface area contributed by atoms with E-state index >= 15 is 0 Å². The predicted octanol–water partition coefficient (Wildman–Crippen LogP) is 4.06. The first kappa shape index (κ1) is 16.1. The number of halogens is 1. The van der Waals surface area contributed by atoms with Crippen LogP contribution in [0.4, 0.5) is 5.69 Å². The molecule has 1 fully saturated rings. The van der Waals surface area contributed by atoms with E-state index in [1.165, 1.54) is 0 Å². The van der Waals surface area contributed by atoms with Gasteiger partial charge in [0, 0.05) is 11.1 Å². The van der Waals surface area contributed by atoms with E-state index in [0.717, 1.165) is 29.7 Å². The zero-order valence-electron chi connectivity index (χ0n) is 14.0. The molecule has 25 heavy (non-hydrogen) atoms. The minimum atomic E-state index is -0.528. The van der Waals surface area contributed by atoms with Gasteiger partial charge in [0.2, 0.25) is 12.7 Å². The zero-order valence-corrected chi connectivity index (χ0v) is 14.8. The van der Waals surface area contributed by atoms with Crippen molar-refractivity contribution >= 4 is 23.2 Å².